The molecule has 3 rings (SSSR count). The van der Waals surface area contributed by atoms with Crippen LogP contribution in [0.3, 0.4) is 0 Å². The van der Waals surface area contributed by atoms with Gasteiger partial charge in [-0.25, -0.2) is 0 Å². The molecule has 1 aromatic rings. The van der Waals surface area contributed by atoms with Crippen LogP contribution in [0.4, 0.5) is 5.69 Å². The van der Waals surface area contributed by atoms with Crippen LogP contribution in [-0.4, -0.2) is 36.0 Å². The minimum absolute atomic E-state index is 0.000393. The third-order valence-corrected chi connectivity index (χ3v) is 4.81. The summed E-state index contributed by atoms with van der Waals surface area (Å²) in [4.78, 5) is 14.9. The van der Waals surface area contributed by atoms with Crippen LogP contribution in [-0.2, 0) is 11.3 Å². The summed E-state index contributed by atoms with van der Waals surface area (Å²) in [5.41, 5.74) is 0.960. The van der Waals surface area contributed by atoms with Crippen LogP contribution in [0.25, 0.3) is 0 Å². The number of nitrogens with one attached hydrogen (secondary N) is 2. The number of hydrogen-bond donors (Lipinski definition) is 2. The third kappa shape index (κ3) is 3.35. The molecule has 2 N–H and O–H groups in total. The number of amides is 1. The summed E-state index contributed by atoms with van der Waals surface area (Å²) in [6.45, 7) is 4.84. The second-order valence-corrected chi connectivity index (χ2v) is 6.53. The van der Waals surface area contributed by atoms with E-state index in [2.05, 4.69) is 15.5 Å². The van der Waals surface area contributed by atoms with E-state index < -0.39 is 0 Å². The van der Waals surface area contributed by atoms with Gasteiger partial charge in [0.1, 0.15) is 0 Å². The Morgan fingerprint density at radius 1 is 1.47 bits per heavy atom. The van der Waals surface area contributed by atoms with Gasteiger partial charge in [0, 0.05) is 43.5 Å². The second-order valence-electron chi connectivity index (χ2n) is 5.53. The first-order valence-corrected chi connectivity index (χ1v) is 7.92. The summed E-state index contributed by atoms with van der Waals surface area (Å²) >= 11 is 1.70. The molecule has 1 saturated heterocycles. The lowest BCUT2D eigenvalue weighted by Gasteiger charge is -2.15. The highest BCUT2D eigenvalue weighted by Gasteiger charge is 2.34. The van der Waals surface area contributed by atoms with Crippen molar-refractivity contribution < 1.29 is 4.79 Å². The highest BCUT2D eigenvalue weighted by Crippen LogP contribution is 2.30. The van der Waals surface area contributed by atoms with Gasteiger partial charge >= 0.3 is 0 Å². The Balaban J connectivity index is 1.49. The molecular formula is C14H21N3OS. The van der Waals surface area contributed by atoms with E-state index in [-0.39, 0.29) is 5.91 Å². The lowest BCUT2D eigenvalue weighted by atomic mass is 10.2. The van der Waals surface area contributed by atoms with E-state index in [9.17, 15) is 4.79 Å². The van der Waals surface area contributed by atoms with Gasteiger partial charge in [-0.2, -0.15) is 0 Å². The molecule has 1 aliphatic heterocycles. The smallest absolute Gasteiger partial charge is 0.221 e. The van der Waals surface area contributed by atoms with E-state index in [0.29, 0.717) is 6.04 Å². The molecule has 2 heterocycles. The molecule has 0 spiro atoms. The van der Waals surface area contributed by atoms with Crippen LogP contribution >= 0.6 is 11.3 Å². The maximum Gasteiger partial charge on any atom is 0.221 e. The predicted octanol–water partition coefficient (Wildman–Crippen LogP) is 2.03. The predicted molar refractivity (Wildman–Crippen MR) is 78.5 cm³/mol. The van der Waals surface area contributed by atoms with Gasteiger partial charge in [0.25, 0.3) is 0 Å². The van der Waals surface area contributed by atoms with Crippen molar-refractivity contribution in [3.8, 4) is 0 Å². The van der Waals surface area contributed by atoms with Gasteiger partial charge in [0.05, 0.1) is 5.69 Å². The summed E-state index contributed by atoms with van der Waals surface area (Å²) in [7, 11) is 0. The number of hydrogen-bond acceptors (Lipinski definition) is 4. The quantitative estimate of drug-likeness (QED) is 0.867. The molecule has 1 aromatic heterocycles. The molecule has 2 aliphatic rings. The molecule has 1 atom stereocenters. The zero-order chi connectivity index (χ0) is 13.2. The van der Waals surface area contributed by atoms with Crippen LogP contribution in [0.15, 0.2) is 11.4 Å². The van der Waals surface area contributed by atoms with Crippen LogP contribution in [0, 0.1) is 0 Å². The van der Waals surface area contributed by atoms with Gasteiger partial charge in [-0.05, 0) is 30.7 Å². The van der Waals surface area contributed by atoms with Crippen molar-refractivity contribution in [3.63, 3.8) is 0 Å². The van der Waals surface area contributed by atoms with E-state index in [1.807, 2.05) is 11.4 Å². The van der Waals surface area contributed by atoms with Crippen molar-refractivity contribution in [2.24, 2.45) is 0 Å². The Morgan fingerprint density at radius 2 is 2.32 bits per heavy atom. The Labute approximate surface area is 118 Å². The van der Waals surface area contributed by atoms with Crippen molar-refractivity contribution in [2.45, 2.75) is 44.8 Å². The monoisotopic (exact) mass is 279 g/mol. The molecule has 1 aliphatic carbocycles. The van der Waals surface area contributed by atoms with E-state index >= 15 is 0 Å². The molecule has 0 radical (unpaired) electrons. The van der Waals surface area contributed by atoms with Crippen molar-refractivity contribution in [1.82, 2.24) is 10.2 Å². The maximum atomic E-state index is 11.1. The fraction of sp³-hybridized carbons (Fsp3) is 0.643. The maximum absolute atomic E-state index is 11.1. The van der Waals surface area contributed by atoms with Crippen LogP contribution in [0.1, 0.15) is 31.1 Å². The molecule has 104 valence electrons. The fourth-order valence-electron chi connectivity index (χ4n) is 2.74. The van der Waals surface area contributed by atoms with Gasteiger partial charge < -0.3 is 10.6 Å². The molecule has 4 nitrogen and oxygen atoms in total. The first-order valence-electron chi connectivity index (χ1n) is 7.04. The standard InChI is InChI=1S/C14H21N3OS/c1-10(18)16-13-5-7-19-14(13)8-15-11-4-6-17(9-11)12-2-3-12/h5,7,11-12,15H,2-4,6,8-9H2,1H3,(H,16,18). The lowest BCUT2D eigenvalue weighted by molar-refractivity contribution is -0.114. The van der Waals surface area contributed by atoms with E-state index in [1.165, 1.54) is 37.2 Å². The van der Waals surface area contributed by atoms with E-state index in [0.717, 1.165) is 18.3 Å². The molecule has 19 heavy (non-hydrogen) atoms. The number of anilines is 1. The van der Waals surface area contributed by atoms with Crippen LogP contribution in [0.5, 0.6) is 0 Å². The zero-order valence-corrected chi connectivity index (χ0v) is 12.1. The molecule has 0 aromatic carbocycles. The number of likely N-dealkylation sites (tertiary alicyclic amines) is 1. The molecule has 2 fully saturated rings. The first-order chi connectivity index (χ1) is 9.22. The topological polar surface area (TPSA) is 44.4 Å². The first kappa shape index (κ1) is 13.1. The van der Waals surface area contributed by atoms with Crippen molar-refractivity contribution in [1.29, 1.82) is 0 Å². The molecule has 5 heteroatoms. The number of carbonyl (C=O) groups is 1. The van der Waals surface area contributed by atoms with Gasteiger partial charge in [-0.15, -0.1) is 11.3 Å². The fourth-order valence-corrected chi connectivity index (χ4v) is 3.52. The highest BCUT2D eigenvalue weighted by atomic mass is 32.1. The largest absolute Gasteiger partial charge is 0.325 e. The minimum Gasteiger partial charge on any atom is -0.325 e. The Kier molecular flexibility index (Phi) is 3.86. The van der Waals surface area contributed by atoms with E-state index in [4.69, 9.17) is 0 Å². The molecule has 1 unspecified atom stereocenters. The highest BCUT2D eigenvalue weighted by molar-refractivity contribution is 7.10. The van der Waals surface area contributed by atoms with Gasteiger partial charge in [0.2, 0.25) is 5.91 Å². The van der Waals surface area contributed by atoms with Gasteiger partial charge in [-0.1, -0.05) is 0 Å². The van der Waals surface area contributed by atoms with Gasteiger partial charge in [0.15, 0.2) is 0 Å². The average Bonchev–Trinajstić information content (AvgIpc) is 2.96. The summed E-state index contributed by atoms with van der Waals surface area (Å²) < 4.78 is 0. The summed E-state index contributed by atoms with van der Waals surface area (Å²) in [5.74, 6) is 0.000393. The summed E-state index contributed by atoms with van der Waals surface area (Å²) in [5, 5.41) is 8.55. The number of thiophene rings is 1. The SMILES string of the molecule is CC(=O)Nc1ccsc1CNC1CCN(C2CC2)C1. The number of carbonyl (C=O) groups excluding carboxylic acids is 1. The molecular weight excluding hydrogens is 258 g/mol. The van der Waals surface area contributed by atoms with E-state index in [1.54, 1.807) is 18.3 Å². The molecule has 1 amide bonds. The summed E-state index contributed by atoms with van der Waals surface area (Å²) in [6, 6.07) is 3.46. The second kappa shape index (κ2) is 5.61. The van der Waals surface area contributed by atoms with Crippen molar-refractivity contribution in [3.05, 3.63) is 16.3 Å². The molecule has 0 bridgehead atoms. The third-order valence-electron chi connectivity index (χ3n) is 3.89. The number of rotatable bonds is 5. The zero-order valence-electron chi connectivity index (χ0n) is 11.3. The normalized spacial score (nSPS) is 23.7. The van der Waals surface area contributed by atoms with Crippen molar-refractivity contribution in [2.75, 3.05) is 18.4 Å². The van der Waals surface area contributed by atoms with Crippen LogP contribution in [0.2, 0.25) is 0 Å². The van der Waals surface area contributed by atoms with Crippen molar-refractivity contribution >= 4 is 22.9 Å². The Bertz CT molecular complexity index is 455. The Hall–Kier alpha value is -0.910. The Morgan fingerprint density at radius 3 is 3.05 bits per heavy atom. The number of nitrogens with zero attached hydrogens (tertiary/aromatic N) is 1. The van der Waals surface area contributed by atoms with Gasteiger partial charge in [-0.3, -0.25) is 9.69 Å². The average molecular weight is 279 g/mol. The summed E-state index contributed by atoms with van der Waals surface area (Å²) in [6.07, 6.45) is 4.03. The molecule has 1 saturated carbocycles. The minimum atomic E-state index is 0.000393. The van der Waals surface area contributed by atoms with Crippen LogP contribution < -0.4 is 10.6 Å². The lowest BCUT2D eigenvalue weighted by Crippen LogP contribution is -2.32.